The third-order valence-corrected chi connectivity index (χ3v) is 6.06. The Bertz CT molecular complexity index is 1380. The normalized spacial score (nSPS) is 16.3. The van der Waals surface area contributed by atoms with Crippen molar-refractivity contribution in [2.45, 2.75) is 18.9 Å². The van der Waals surface area contributed by atoms with Crippen LogP contribution in [0.1, 0.15) is 12.8 Å². The van der Waals surface area contributed by atoms with Gasteiger partial charge in [-0.1, -0.05) is 0 Å². The van der Waals surface area contributed by atoms with Crippen molar-refractivity contribution in [1.82, 2.24) is 15.0 Å². The summed E-state index contributed by atoms with van der Waals surface area (Å²) in [7, 11) is 0. The standard InChI is InChI=1S/C23H21FN6O2/c24-14-7-12(8-16-21(14)27-4-3-26-16)19-22-18-15(30-19)9-13(10-17(18)32-6-5-28-22)29-20(23(25)31)11-1-2-11/h3-4,7-11,20,28-30H,1-2,5-6H2,(H2,25,31)/t20-/m0/s1. The van der Waals surface area contributed by atoms with E-state index in [0.717, 1.165) is 40.8 Å². The monoisotopic (exact) mass is 432 g/mol. The highest BCUT2D eigenvalue weighted by Crippen LogP contribution is 2.44. The van der Waals surface area contributed by atoms with Crippen molar-refractivity contribution >= 4 is 39.2 Å². The SMILES string of the molecule is NC(=O)[C@@H](Nc1cc2c3c(c(-c4cc(F)c5nccnc5c4)[nH]c3c1)NCCO2)C1CC1. The Balaban J connectivity index is 1.50. The number of carbonyl (C=O) groups is 1. The van der Waals surface area contributed by atoms with Gasteiger partial charge in [-0.3, -0.25) is 9.78 Å². The number of ether oxygens (including phenoxy) is 1. The number of rotatable bonds is 5. The van der Waals surface area contributed by atoms with Gasteiger partial charge >= 0.3 is 0 Å². The zero-order valence-corrected chi connectivity index (χ0v) is 17.1. The molecule has 0 radical (unpaired) electrons. The van der Waals surface area contributed by atoms with Crippen molar-refractivity contribution < 1.29 is 13.9 Å². The number of primary amides is 1. The molecule has 6 rings (SSSR count). The van der Waals surface area contributed by atoms with Gasteiger partial charge in [0.2, 0.25) is 5.91 Å². The van der Waals surface area contributed by atoms with E-state index in [0.29, 0.717) is 30.0 Å². The number of amides is 1. The van der Waals surface area contributed by atoms with E-state index in [-0.39, 0.29) is 17.3 Å². The first-order valence-corrected chi connectivity index (χ1v) is 10.6. The Morgan fingerprint density at radius 3 is 2.88 bits per heavy atom. The third kappa shape index (κ3) is 3.08. The summed E-state index contributed by atoms with van der Waals surface area (Å²) in [6.07, 6.45) is 5.00. The van der Waals surface area contributed by atoms with E-state index in [9.17, 15) is 9.18 Å². The molecule has 1 amide bonds. The number of nitrogens with one attached hydrogen (secondary N) is 3. The maximum atomic E-state index is 14.7. The first kappa shape index (κ1) is 18.9. The number of benzene rings is 2. The number of aromatic nitrogens is 3. The number of H-pyrrole nitrogens is 1. The molecule has 9 heteroatoms. The first-order chi connectivity index (χ1) is 15.6. The molecule has 1 saturated carbocycles. The van der Waals surface area contributed by atoms with Crippen LogP contribution in [-0.2, 0) is 4.79 Å². The molecule has 1 aliphatic heterocycles. The lowest BCUT2D eigenvalue weighted by atomic mass is 10.1. The predicted molar refractivity (Wildman–Crippen MR) is 120 cm³/mol. The maximum absolute atomic E-state index is 14.7. The molecular formula is C23H21FN6O2. The summed E-state index contributed by atoms with van der Waals surface area (Å²) in [6.45, 7) is 1.07. The minimum Gasteiger partial charge on any atom is -0.491 e. The molecule has 32 heavy (non-hydrogen) atoms. The Hall–Kier alpha value is -3.88. The van der Waals surface area contributed by atoms with Crippen LogP contribution in [0.15, 0.2) is 36.7 Å². The Morgan fingerprint density at radius 2 is 2.06 bits per heavy atom. The largest absolute Gasteiger partial charge is 0.491 e. The molecule has 1 aliphatic carbocycles. The lowest BCUT2D eigenvalue weighted by Crippen LogP contribution is -2.37. The quantitative estimate of drug-likeness (QED) is 0.384. The molecule has 162 valence electrons. The average molecular weight is 432 g/mol. The van der Waals surface area contributed by atoms with Gasteiger partial charge in [0, 0.05) is 36.3 Å². The van der Waals surface area contributed by atoms with E-state index in [4.69, 9.17) is 10.5 Å². The summed E-state index contributed by atoms with van der Waals surface area (Å²) in [5.41, 5.74) is 10.1. The molecule has 0 bridgehead atoms. The number of nitrogens with two attached hydrogens (primary N) is 1. The summed E-state index contributed by atoms with van der Waals surface area (Å²) < 4.78 is 20.7. The number of aromatic amines is 1. The lowest BCUT2D eigenvalue weighted by Gasteiger charge is -2.17. The fourth-order valence-corrected chi connectivity index (χ4v) is 4.43. The molecule has 2 aliphatic rings. The van der Waals surface area contributed by atoms with E-state index in [1.165, 1.54) is 12.3 Å². The van der Waals surface area contributed by atoms with E-state index in [1.54, 1.807) is 6.20 Å². The van der Waals surface area contributed by atoms with Crippen molar-refractivity contribution in [2.24, 2.45) is 11.7 Å². The van der Waals surface area contributed by atoms with Gasteiger partial charge < -0.3 is 26.1 Å². The van der Waals surface area contributed by atoms with E-state index < -0.39 is 11.9 Å². The topological polar surface area (TPSA) is 118 Å². The van der Waals surface area contributed by atoms with Crippen LogP contribution in [0.4, 0.5) is 15.8 Å². The van der Waals surface area contributed by atoms with E-state index >= 15 is 0 Å². The Labute approximate surface area is 182 Å². The van der Waals surface area contributed by atoms with E-state index in [2.05, 4.69) is 25.6 Å². The second kappa shape index (κ2) is 7.08. The van der Waals surface area contributed by atoms with Crippen molar-refractivity contribution in [3.63, 3.8) is 0 Å². The molecule has 2 aromatic carbocycles. The predicted octanol–water partition coefficient (Wildman–Crippen LogP) is 3.40. The number of fused-ring (bicyclic) bond motifs is 1. The van der Waals surface area contributed by atoms with Crippen LogP contribution in [0.5, 0.6) is 5.75 Å². The molecule has 0 spiro atoms. The van der Waals surface area contributed by atoms with Crippen LogP contribution < -0.4 is 21.1 Å². The summed E-state index contributed by atoms with van der Waals surface area (Å²) in [5, 5.41) is 7.56. The molecule has 5 N–H and O–H groups in total. The van der Waals surface area contributed by atoms with E-state index in [1.807, 2.05) is 18.2 Å². The highest BCUT2D eigenvalue weighted by molar-refractivity contribution is 6.07. The second-order valence-electron chi connectivity index (χ2n) is 8.29. The van der Waals surface area contributed by atoms with Crippen LogP contribution >= 0.6 is 0 Å². The minimum atomic E-state index is -0.433. The summed E-state index contributed by atoms with van der Waals surface area (Å²) in [4.78, 5) is 23.7. The zero-order chi connectivity index (χ0) is 21.8. The van der Waals surface area contributed by atoms with Gasteiger partial charge in [0.25, 0.3) is 0 Å². The molecule has 0 unspecified atom stereocenters. The number of hydrogen-bond acceptors (Lipinski definition) is 6. The molecule has 1 atom stereocenters. The molecule has 4 aromatic rings. The van der Waals surface area contributed by atoms with Gasteiger partial charge in [-0.05, 0) is 37.0 Å². The lowest BCUT2D eigenvalue weighted by molar-refractivity contribution is -0.119. The number of anilines is 2. The van der Waals surface area contributed by atoms with Crippen LogP contribution in [0, 0.1) is 11.7 Å². The Morgan fingerprint density at radius 1 is 1.22 bits per heavy atom. The molecule has 8 nitrogen and oxygen atoms in total. The first-order valence-electron chi connectivity index (χ1n) is 10.6. The molecule has 0 saturated heterocycles. The summed E-state index contributed by atoms with van der Waals surface area (Å²) in [6, 6.07) is 6.68. The second-order valence-corrected chi connectivity index (χ2v) is 8.29. The molecule has 2 aromatic heterocycles. The number of hydrogen-bond donors (Lipinski definition) is 4. The smallest absolute Gasteiger partial charge is 0.240 e. The van der Waals surface area contributed by atoms with Gasteiger partial charge in [0.05, 0.1) is 27.8 Å². The third-order valence-electron chi connectivity index (χ3n) is 6.06. The van der Waals surface area contributed by atoms with Crippen LogP contribution in [0.3, 0.4) is 0 Å². The van der Waals surface area contributed by atoms with Crippen molar-refractivity contribution in [3.05, 3.63) is 42.5 Å². The van der Waals surface area contributed by atoms with Crippen molar-refractivity contribution in [3.8, 4) is 17.0 Å². The van der Waals surface area contributed by atoms with Crippen LogP contribution in [0.25, 0.3) is 33.2 Å². The Kier molecular flexibility index (Phi) is 4.17. The fraction of sp³-hybridized carbons (Fsp3) is 0.261. The van der Waals surface area contributed by atoms with Crippen LogP contribution in [0.2, 0.25) is 0 Å². The van der Waals surface area contributed by atoms with Gasteiger partial charge in [0.1, 0.15) is 23.9 Å². The van der Waals surface area contributed by atoms with Gasteiger partial charge in [0.15, 0.2) is 5.82 Å². The van der Waals surface area contributed by atoms with Crippen molar-refractivity contribution in [1.29, 1.82) is 0 Å². The molecule has 1 fully saturated rings. The number of halogens is 1. The van der Waals surface area contributed by atoms with Gasteiger partial charge in [-0.15, -0.1) is 0 Å². The average Bonchev–Trinajstić information content (AvgIpc) is 3.58. The molecular weight excluding hydrogens is 411 g/mol. The van der Waals surface area contributed by atoms with Crippen LogP contribution in [-0.4, -0.2) is 40.1 Å². The number of carbonyl (C=O) groups excluding carboxylic acids is 1. The summed E-state index contributed by atoms with van der Waals surface area (Å²) >= 11 is 0. The highest BCUT2D eigenvalue weighted by atomic mass is 19.1. The zero-order valence-electron chi connectivity index (χ0n) is 17.1. The highest BCUT2D eigenvalue weighted by Gasteiger charge is 2.35. The fourth-order valence-electron chi connectivity index (χ4n) is 4.43. The van der Waals surface area contributed by atoms with Gasteiger partial charge in [-0.25, -0.2) is 9.37 Å². The van der Waals surface area contributed by atoms with Crippen molar-refractivity contribution in [2.75, 3.05) is 23.8 Å². The minimum absolute atomic E-state index is 0.235. The number of nitrogens with zero attached hydrogens (tertiary/aromatic N) is 2. The van der Waals surface area contributed by atoms with Gasteiger partial charge in [-0.2, -0.15) is 0 Å². The maximum Gasteiger partial charge on any atom is 0.240 e. The molecule has 3 heterocycles. The summed E-state index contributed by atoms with van der Waals surface area (Å²) in [5.74, 6) is 0.160.